The molecular formula is C4H10S2. The molecule has 0 atom stereocenters. The van der Waals surface area contributed by atoms with E-state index in [1.54, 1.807) is 0 Å². The molecule has 0 fully saturated rings. The van der Waals surface area contributed by atoms with Gasteiger partial charge in [-0.25, -0.2) is 0 Å². The van der Waals surface area contributed by atoms with Gasteiger partial charge in [-0.1, -0.05) is 0 Å². The van der Waals surface area contributed by atoms with Crippen LogP contribution in [0.15, 0.2) is 0 Å². The van der Waals surface area contributed by atoms with E-state index in [1.165, 1.54) is 0 Å². The minimum absolute atomic E-state index is 0.769. The van der Waals surface area contributed by atoms with Crippen LogP contribution >= 0.6 is 23.5 Å². The van der Waals surface area contributed by atoms with Crippen LogP contribution in [0, 0.1) is 0 Å². The second-order valence-electron chi connectivity index (χ2n) is 1.04. The monoisotopic (exact) mass is 122 g/mol. The van der Waals surface area contributed by atoms with E-state index in [1.807, 2.05) is 23.5 Å². The van der Waals surface area contributed by atoms with Crippen LogP contribution in [0.25, 0.3) is 0 Å². The lowest BCUT2D eigenvalue weighted by Crippen LogP contribution is -1.81. The molecule has 0 aliphatic rings. The molecule has 0 N–H and O–H groups in total. The summed E-state index contributed by atoms with van der Waals surface area (Å²) in [4.78, 5) is 0. The van der Waals surface area contributed by atoms with Crippen LogP contribution in [-0.2, 0) is 0 Å². The summed E-state index contributed by atoms with van der Waals surface area (Å²) >= 11 is 3.78. The van der Waals surface area contributed by atoms with Crippen LogP contribution in [-0.4, -0.2) is 17.1 Å². The van der Waals surface area contributed by atoms with Crippen LogP contribution in [0.5, 0.6) is 0 Å². The van der Waals surface area contributed by atoms with E-state index in [0.29, 0.717) is 0 Å². The molecule has 0 heterocycles. The Morgan fingerprint density at radius 3 is 1.50 bits per heavy atom. The van der Waals surface area contributed by atoms with Gasteiger partial charge in [0.15, 0.2) is 0 Å². The van der Waals surface area contributed by atoms with Crippen molar-refractivity contribution in [2.75, 3.05) is 12.5 Å². The number of thioether (sulfide) groups is 2. The molecule has 0 radical (unpaired) electrons. The second-order valence-corrected chi connectivity index (χ2v) is 3.69. The van der Waals surface area contributed by atoms with Gasteiger partial charge in [0, 0.05) is 4.58 Å². The summed E-state index contributed by atoms with van der Waals surface area (Å²) in [5, 5.41) is 0. The van der Waals surface area contributed by atoms with E-state index in [2.05, 4.69) is 19.4 Å². The van der Waals surface area contributed by atoms with E-state index in [0.717, 1.165) is 4.58 Å². The molecule has 0 amide bonds. The first kappa shape index (κ1) is 6.70. The molecular weight excluding hydrogens is 112 g/mol. The van der Waals surface area contributed by atoms with Gasteiger partial charge in [-0.2, -0.15) is 23.5 Å². The number of hydrogen-bond acceptors (Lipinski definition) is 2. The van der Waals surface area contributed by atoms with Gasteiger partial charge in [0.25, 0.3) is 0 Å². The van der Waals surface area contributed by atoms with Crippen molar-refractivity contribution < 1.29 is 0 Å². The number of hydrogen-bond donors (Lipinski definition) is 0. The fourth-order valence-electron chi connectivity index (χ4n) is 0.0962. The van der Waals surface area contributed by atoms with Gasteiger partial charge in [0.2, 0.25) is 0 Å². The summed E-state index contributed by atoms with van der Waals surface area (Å²) in [5.74, 6) is 0. The van der Waals surface area contributed by atoms with Gasteiger partial charge in [0.1, 0.15) is 0 Å². The molecule has 0 aromatic carbocycles. The van der Waals surface area contributed by atoms with Crippen molar-refractivity contribution in [2.24, 2.45) is 0 Å². The molecule has 0 aliphatic heterocycles. The summed E-state index contributed by atoms with van der Waals surface area (Å²) < 4.78 is 0.769. The molecule has 0 unspecified atom stereocenters. The van der Waals surface area contributed by atoms with Crippen LogP contribution in [0.2, 0.25) is 0 Å². The normalized spacial score (nSPS) is 10.0. The third kappa shape index (κ3) is 2.91. The zero-order chi connectivity index (χ0) is 4.99. The third-order valence-corrected chi connectivity index (χ3v) is 3.15. The largest absolute Gasteiger partial charge is 0.151 e. The SMILES string of the molecule is CSC(C)SC. The first-order valence-corrected chi connectivity index (χ1v) is 4.44. The van der Waals surface area contributed by atoms with Crippen molar-refractivity contribution in [2.45, 2.75) is 11.5 Å². The summed E-state index contributed by atoms with van der Waals surface area (Å²) in [6, 6.07) is 0. The molecule has 38 valence electrons. The van der Waals surface area contributed by atoms with Crippen LogP contribution in [0.1, 0.15) is 6.92 Å². The molecule has 6 heavy (non-hydrogen) atoms. The van der Waals surface area contributed by atoms with Crippen LogP contribution < -0.4 is 0 Å². The van der Waals surface area contributed by atoms with Crippen molar-refractivity contribution >= 4 is 23.5 Å². The van der Waals surface area contributed by atoms with Gasteiger partial charge >= 0.3 is 0 Å². The molecule has 0 aliphatic carbocycles. The van der Waals surface area contributed by atoms with Crippen LogP contribution in [0.3, 0.4) is 0 Å². The molecule has 0 aromatic rings. The first-order valence-electron chi connectivity index (χ1n) is 1.87. The highest BCUT2D eigenvalue weighted by molar-refractivity contribution is 8.16. The smallest absolute Gasteiger partial charge is 0.0468 e. The highest BCUT2D eigenvalue weighted by Crippen LogP contribution is 2.15. The van der Waals surface area contributed by atoms with Gasteiger partial charge in [-0.15, -0.1) is 0 Å². The summed E-state index contributed by atoms with van der Waals surface area (Å²) in [7, 11) is 0. The topological polar surface area (TPSA) is 0 Å². The Hall–Kier alpha value is 0.700. The van der Waals surface area contributed by atoms with Crippen molar-refractivity contribution in [3.05, 3.63) is 0 Å². The van der Waals surface area contributed by atoms with Crippen molar-refractivity contribution in [1.29, 1.82) is 0 Å². The third-order valence-electron chi connectivity index (χ3n) is 0.664. The fraction of sp³-hybridized carbons (Fsp3) is 1.00. The molecule has 0 saturated carbocycles. The van der Waals surface area contributed by atoms with E-state index >= 15 is 0 Å². The summed E-state index contributed by atoms with van der Waals surface area (Å²) in [6.45, 7) is 2.20. The zero-order valence-electron chi connectivity index (χ0n) is 4.39. The standard InChI is InChI=1S/C4H10S2/c1-4(5-2)6-3/h4H,1-3H3. The average molecular weight is 122 g/mol. The van der Waals surface area contributed by atoms with E-state index in [4.69, 9.17) is 0 Å². The quantitative estimate of drug-likeness (QED) is 0.514. The first-order chi connectivity index (χ1) is 2.81. The minimum atomic E-state index is 0.769. The molecule has 0 bridgehead atoms. The Bertz CT molecular complexity index is 24.7. The Balaban J connectivity index is 2.75. The predicted molar refractivity (Wildman–Crippen MR) is 36.5 cm³/mol. The Morgan fingerprint density at radius 1 is 1.17 bits per heavy atom. The van der Waals surface area contributed by atoms with E-state index in [-0.39, 0.29) is 0 Å². The molecule has 0 nitrogen and oxygen atoms in total. The molecule has 0 saturated heterocycles. The molecule has 0 spiro atoms. The zero-order valence-corrected chi connectivity index (χ0v) is 6.03. The maximum Gasteiger partial charge on any atom is 0.0468 e. The van der Waals surface area contributed by atoms with Crippen molar-refractivity contribution in [3.63, 3.8) is 0 Å². The van der Waals surface area contributed by atoms with Gasteiger partial charge in [0.05, 0.1) is 0 Å². The maximum absolute atomic E-state index is 2.20. The van der Waals surface area contributed by atoms with Crippen molar-refractivity contribution in [1.82, 2.24) is 0 Å². The van der Waals surface area contributed by atoms with Gasteiger partial charge < -0.3 is 0 Å². The number of rotatable bonds is 2. The highest BCUT2D eigenvalue weighted by Gasteiger charge is 1.89. The lowest BCUT2D eigenvalue weighted by Gasteiger charge is -1.98. The Morgan fingerprint density at radius 2 is 1.50 bits per heavy atom. The average Bonchev–Trinajstić information content (AvgIpc) is 1.65. The van der Waals surface area contributed by atoms with Crippen LogP contribution in [0.4, 0.5) is 0 Å². The lowest BCUT2D eigenvalue weighted by atomic mass is 11.0. The molecule has 0 rings (SSSR count). The van der Waals surface area contributed by atoms with Gasteiger partial charge in [-0.3, -0.25) is 0 Å². The maximum atomic E-state index is 2.20. The van der Waals surface area contributed by atoms with E-state index < -0.39 is 0 Å². The highest BCUT2D eigenvalue weighted by atomic mass is 32.2. The second kappa shape index (κ2) is 3.88. The summed E-state index contributed by atoms with van der Waals surface area (Å²) in [6.07, 6.45) is 4.25. The van der Waals surface area contributed by atoms with Crippen molar-refractivity contribution in [3.8, 4) is 0 Å². The summed E-state index contributed by atoms with van der Waals surface area (Å²) in [5.41, 5.74) is 0. The lowest BCUT2D eigenvalue weighted by molar-refractivity contribution is 1.43. The van der Waals surface area contributed by atoms with Gasteiger partial charge in [-0.05, 0) is 19.4 Å². The Kier molecular flexibility index (Phi) is 4.33. The molecule has 2 heteroatoms. The molecule has 0 aromatic heterocycles. The fourth-order valence-corrected chi connectivity index (χ4v) is 0.866. The Labute approximate surface area is 48.1 Å². The van der Waals surface area contributed by atoms with E-state index in [9.17, 15) is 0 Å². The predicted octanol–water partition coefficient (Wildman–Crippen LogP) is 2.06. The minimum Gasteiger partial charge on any atom is -0.151 e.